The smallest absolute Gasteiger partial charge is 0.224 e. The number of nitrogens with zero attached hydrogens (tertiary/aromatic N) is 5. The molecule has 1 aromatic carbocycles. The minimum absolute atomic E-state index is 0.170. The molecule has 7 heteroatoms. The molecule has 1 aliphatic heterocycles. The summed E-state index contributed by atoms with van der Waals surface area (Å²) in [6, 6.07) is 9.79. The van der Waals surface area contributed by atoms with Crippen molar-refractivity contribution in [1.29, 1.82) is 0 Å². The van der Waals surface area contributed by atoms with E-state index in [-0.39, 0.29) is 6.10 Å². The van der Waals surface area contributed by atoms with Crippen molar-refractivity contribution in [2.24, 2.45) is 0 Å². The lowest BCUT2D eigenvalue weighted by Gasteiger charge is -2.32. The molecular formula is C31H46N6O. The molecule has 1 unspecified atom stereocenters. The van der Waals surface area contributed by atoms with Crippen LogP contribution in [0.2, 0.25) is 0 Å². The van der Waals surface area contributed by atoms with Gasteiger partial charge in [0.15, 0.2) is 0 Å². The predicted octanol–water partition coefficient (Wildman–Crippen LogP) is 5.70. The lowest BCUT2D eigenvalue weighted by molar-refractivity contribution is 0.111. The Hall–Kier alpha value is -2.48. The van der Waals surface area contributed by atoms with Gasteiger partial charge in [-0.15, -0.1) is 0 Å². The second kappa shape index (κ2) is 12.6. The molecule has 2 aliphatic rings. The molecule has 0 amide bonds. The van der Waals surface area contributed by atoms with Crippen LogP contribution in [-0.4, -0.2) is 74.8 Å². The Kier molecular flexibility index (Phi) is 8.97. The molecule has 3 heterocycles. The summed E-state index contributed by atoms with van der Waals surface area (Å²) < 4.78 is 2.36. The van der Waals surface area contributed by atoms with Crippen LogP contribution in [0.15, 0.2) is 36.7 Å². The Morgan fingerprint density at radius 3 is 2.47 bits per heavy atom. The standard InChI is InChI=1S/C31H46N6O/c1-4-5-6-7-23(2)33-31-32-20-28-29(22-37(30(28)34-31)26-12-14-27(38)15-13-26)25-10-8-24(9-11-25)21-36-18-16-35(3)17-19-36/h8-11,20,22-23,26-27,38H,4-7,12-19,21H2,1-3H3,(H,32,33,34). The molecule has 2 fully saturated rings. The van der Waals surface area contributed by atoms with Gasteiger partial charge in [0, 0.05) is 68.2 Å². The molecule has 2 aromatic heterocycles. The van der Waals surface area contributed by atoms with Gasteiger partial charge in [-0.2, -0.15) is 4.98 Å². The summed E-state index contributed by atoms with van der Waals surface area (Å²) in [5.74, 6) is 0.714. The van der Waals surface area contributed by atoms with Crippen LogP contribution in [0.1, 0.15) is 76.8 Å². The number of fused-ring (bicyclic) bond motifs is 1. The average molecular weight is 519 g/mol. The van der Waals surface area contributed by atoms with Gasteiger partial charge in [-0.05, 0) is 57.2 Å². The highest BCUT2D eigenvalue weighted by Crippen LogP contribution is 2.37. The Morgan fingerprint density at radius 2 is 1.76 bits per heavy atom. The fourth-order valence-corrected chi connectivity index (χ4v) is 5.99. The second-order valence-electron chi connectivity index (χ2n) is 11.7. The van der Waals surface area contributed by atoms with E-state index in [1.165, 1.54) is 36.0 Å². The van der Waals surface area contributed by atoms with Crippen molar-refractivity contribution in [1.82, 2.24) is 24.3 Å². The number of rotatable bonds is 10. The number of aliphatic hydroxyl groups excluding tert-OH is 1. The van der Waals surface area contributed by atoms with E-state index in [1.54, 1.807) is 0 Å². The van der Waals surface area contributed by atoms with E-state index in [0.717, 1.165) is 75.9 Å². The van der Waals surface area contributed by atoms with Crippen LogP contribution >= 0.6 is 0 Å². The second-order valence-corrected chi connectivity index (χ2v) is 11.7. The number of nitrogens with one attached hydrogen (secondary N) is 1. The van der Waals surface area contributed by atoms with E-state index in [2.05, 4.69) is 71.0 Å². The molecule has 5 rings (SSSR count). The Bertz CT molecular complexity index is 1160. The van der Waals surface area contributed by atoms with Gasteiger partial charge in [0.05, 0.1) is 6.10 Å². The lowest BCUT2D eigenvalue weighted by atomic mass is 9.93. The molecule has 1 saturated carbocycles. The molecule has 2 N–H and O–H groups in total. The Balaban J connectivity index is 1.39. The molecular weight excluding hydrogens is 472 g/mol. The van der Waals surface area contributed by atoms with Crippen molar-refractivity contribution in [2.75, 3.05) is 38.5 Å². The zero-order valence-electron chi connectivity index (χ0n) is 23.6. The molecule has 0 spiro atoms. The molecule has 1 saturated heterocycles. The minimum Gasteiger partial charge on any atom is -0.393 e. The first-order valence-corrected chi connectivity index (χ1v) is 14.8. The number of hydrogen-bond donors (Lipinski definition) is 2. The third kappa shape index (κ3) is 6.56. The van der Waals surface area contributed by atoms with Crippen LogP contribution in [0, 0.1) is 0 Å². The van der Waals surface area contributed by atoms with Crippen LogP contribution in [0.4, 0.5) is 5.95 Å². The van der Waals surface area contributed by atoms with Crippen LogP contribution in [-0.2, 0) is 6.54 Å². The van der Waals surface area contributed by atoms with Gasteiger partial charge in [-0.3, -0.25) is 4.90 Å². The van der Waals surface area contributed by atoms with Gasteiger partial charge in [-0.1, -0.05) is 50.5 Å². The SMILES string of the molecule is CCCCCC(C)Nc1ncc2c(-c3ccc(CN4CCN(C)CC4)cc3)cn(C3CCC(O)CC3)c2n1. The summed E-state index contributed by atoms with van der Waals surface area (Å²) in [4.78, 5) is 14.7. The van der Waals surface area contributed by atoms with Gasteiger partial charge in [0.25, 0.3) is 0 Å². The highest BCUT2D eigenvalue weighted by Gasteiger charge is 2.24. The first kappa shape index (κ1) is 27.1. The van der Waals surface area contributed by atoms with E-state index in [9.17, 15) is 5.11 Å². The number of aromatic nitrogens is 3. The van der Waals surface area contributed by atoms with E-state index >= 15 is 0 Å². The number of benzene rings is 1. The van der Waals surface area contributed by atoms with Gasteiger partial charge >= 0.3 is 0 Å². The summed E-state index contributed by atoms with van der Waals surface area (Å²) in [7, 11) is 2.20. The van der Waals surface area contributed by atoms with Gasteiger partial charge < -0.3 is 19.9 Å². The maximum Gasteiger partial charge on any atom is 0.224 e. The Morgan fingerprint density at radius 1 is 1.03 bits per heavy atom. The van der Waals surface area contributed by atoms with E-state index in [1.807, 2.05) is 6.20 Å². The number of unbranched alkanes of at least 4 members (excludes halogenated alkanes) is 2. The van der Waals surface area contributed by atoms with Crippen molar-refractivity contribution < 1.29 is 5.11 Å². The zero-order valence-corrected chi connectivity index (χ0v) is 23.6. The monoisotopic (exact) mass is 518 g/mol. The van der Waals surface area contributed by atoms with Crippen molar-refractivity contribution in [3.8, 4) is 11.1 Å². The summed E-state index contributed by atoms with van der Waals surface area (Å²) in [6.07, 6.45) is 12.6. The maximum atomic E-state index is 10.1. The first-order valence-electron chi connectivity index (χ1n) is 14.8. The molecule has 1 aliphatic carbocycles. The third-order valence-electron chi connectivity index (χ3n) is 8.51. The number of anilines is 1. The first-order chi connectivity index (χ1) is 18.5. The molecule has 1 atom stereocenters. The van der Waals surface area contributed by atoms with Crippen molar-refractivity contribution in [3.05, 3.63) is 42.2 Å². The van der Waals surface area contributed by atoms with Crippen molar-refractivity contribution >= 4 is 17.0 Å². The highest BCUT2D eigenvalue weighted by atomic mass is 16.3. The van der Waals surface area contributed by atoms with Crippen LogP contribution in [0.5, 0.6) is 0 Å². The van der Waals surface area contributed by atoms with E-state index < -0.39 is 0 Å². The summed E-state index contributed by atoms with van der Waals surface area (Å²) >= 11 is 0. The van der Waals surface area contributed by atoms with Crippen LogP contribution in [0.3, 0.4) is 0 Å². The van der Waals surface area contributed by atoms with Crippen molar-refractivity contribution in [3.63, 3.8) is 0 Å². The van der Waals surface area contributed by atoms with E-state index in [4.69, 9.17) is 9.97 Å². The number of likely N-dealkylation sites (N-methyl/N-ethyl adjacent to an activating group) is 1. The lowest BCUT2D eigenvalue weighted by Crippen LogP contribution is -2.43. The summed E-state index contributed by atoms with van der Waals surface area (Å²) in [5.41, 5.74) is 4.77. The Labute approximate surface area is 228 Å². The molecule has 0 radical (unpaired) electrons. The molecule has 3 aromatic rings. The molecule has 7 nitrogen and oxygen atoms in total. The molecule has 38 heavy (non-hydrogen) atoms. The third-order valence-corrected chi connectivity index (χ3v) is 8.51. The minimum atomic E-state index is -0.170. The van der Waals surface area contributed by atoms with E-state index in [0.29, 0.717) is 18.0 Å². The normalized spacial score (nSPS) is 22.1. The van der Waals surface area contributed by atoms with Crippen LogP contribution in [0.25, 0.3) is 22.2 Å². The number of hydrogen-bond acceptors (Lipinski definition) is 6. The number of aliphatic hydroxyl groups is 1. The highest BCUT2D eigenvalue weighted by molar-refractivity contribution is 5.94. The molecule has 206 valence electrons. The fourth-order valence-electron chi connectivity index (χ4n) is 5.99. The maximum absolute atomic E-state index is 10.1. The fraction of sp³-hybridized carbons (Fsp3) is 0.613. The van der Waals surface area contributed by atoms with Gasteiger partial charge in [0.1, 0.15) is 5.65 Å². The zero-order chi connectivity index (χ0) is 26.5. The van der Waals surface area contributed by atoms with Crippen molar-refractivity contribution in [2.45, 2.75) is 89.9 Å². The number of piperazine rings is 1. The van der Waals surface area contributed by atoms with Gasteiger partial charge in [0.2, 0.25) is 5.95 Å². The summed E-state index contributed by atoms with van der Waals surface area (Å²) in [6.45, 7) is 10.0. The van der Waals surface area contributed by atoms with Crippen LogP contribution < -0.4 is 5.32 Å². The summed E-state index contributed by atoms with van der Waals surface area (Å²) in [5, 5.41) is 14.8. The predicted molar refractivity (Wildman–Crippen MR) is 156 cm³/mol. The largest absolute Gasteiger partial charge is 0.393 e. The van der Waals surface area contributed by atoms with Gasteiger partial charge in [-0.25, -0.2) is 4.98 Å². The average Bonchev–Trinajstić information content (AvgIpc) is 3.30. The quantitative estimate of drug-likeness (QED) is 0.336. The molecule has 0 bridgehead atoms. The topological polar surface area (TPSA) is 69.5 Å².